The third-order valence-corrected chi connectivity index (χ3v) is 3.41. The van der Waals surface area contributed by atoms with Crippen molar-refractivity contribution in [2.24, 2.45) is 0 Å². The summed E-state index contributed by atoms with van der Waals surface area (Å²) in [6.45, 7) is 4.15. The molecule has 2 aromatic rings. The Balaban J connectivity index is 1.89. The van der Waals surface area contributed by atoms with Gasteiger partial charge in [0.2, 0.25) is 0 Å². The zero-order valence-corrected chi connectivity index (χ0v) is 11.8. The standard InChI is InChI=1S/C18H22O/c1-14-11-15(2)13-17(12-14)18(19)10-6-9-16-7-4-3-5-8-16/h3-5,7-8,11-13,18-19H,6,9-10H2,1-2H3. The van der Waals surface area contributed by atoms with Gasteiger partial charge in [0.1, 0.15) is 0 Å². The molecule has 1 heteroatoms. The van der Waals surface area contributed by atoms with Gasteiger partial charge in [0.25, 0.3) is 0 Å². The number of hydrogen-bond donors (Lipinski definition) is 1. The Morgan fingerprint density at radius 1 is 0.947 bits per heavy atom. The Morgan fingerprint density at radius 2 is 1.58 bits per heavy atom. The van der Waals surface area contributed by atoms with Gasteiger partial charge in [-0.2, -0.15) is 0 Å². The van der Waals surface area contributed by atoms with E-state index in [1.54, 1.807) is 0 Å². The molecule has 19 heavy (non-hydrogen) atoms. The van der Waals surface area contributed by atoms with Crippen molar-refractivity contribution in [3.63, 3.8) is 0 Å². The Morgan fingerprint density at radius 3 is 2.21 bits per heavy atom. The van der Waals surface area contributed by atoms with Gasteiger partial charge in [0.15, 0.2) is 0 Å². The van der Waals surface area contributed by atoms with Gasteiger partial charge in [-0.25, -0.2) is 0 Å². The number of rotatable bonds is 5. The summed E-state index contributed by atoms with van der Waals surface area (Å²) in [5.74, 6) is 0. The number of aliphatic hydroxyl groups excluding tert-OH is 1. The minimum Gasteiger partial charge on any atom is -0.388 e. The van der Waals surface area contributed by atoms with Gasteiger partial charge in [-0.15, -0.1) is 0 Å². The van der Waals surface area contributed by atoms with Crippen molar-refractivity contribution in [2.45, 2.75) is 39.2 Å². The first-order valence-electron chi connectivity index (χ1n) is 6.95. The van der Waals surface area contributed by atoms with E-state index in [0.29, 0.717) is 0 Å². The van der Waals surface area contributed by atoms with Crippen LogP contribution in [0.2, 0.25) is 0 Å². The van der Waals surface area contributed by atoms with Crippen LogP contribution in [0.15, 0.2) is 48.5 Å². The summed E-state index contributed by atoms with van der Waals surface area (Å²) < 4.78 is 0. The van der Waals surface area contributed by atoms with E-state index in [1.165, 1.54) is 16.7 Å². The van der Waals surface area contributed by atoms with Gasteiger partial charge < -0.3 is 5.11 Å². The first-order valence-corrected chi connectivity index (χ1v) is 6.95. The van der Waals surface area contributed by atoms with Crippen molar-refractivity contribution in [1.29, 1.82) is 0 Å². The van der Waals surface area contributed by atoms with Crippen LogP contribution in [0.25, 0.3) is 0 Å². The lowest BCUT2D eigenvalue weighted by Gasteiger charge is -2.12. The van der Waals surface area contributed by atoms with E-state index in [4.69, 9.17) is 0 Å². The Kier molecular flexibility index (Phi) is 4.75. The second-order valence-electron chi connectivity index (χ2n) is 5.31. The maximum Gasteiger partial charge on any atom is 0.0790 e. The second kappa shape index (κ2) is 6.53. The van der Waals surface area contributed by atoms with Gasteiger partial charge >= 0.3 is 0 Å². The highest BCUT2D eigenvalue weighted by Crippen LogP contribution is 2.22. The fourth-order valence-electron chi connectivity index (χ4n) is 2.51. The van der Waals surface area contributed by atoms with E-state index in [9.17, 15) is 5.11 Å². The smallest absolute Gasteiger partial charge is 0.0790 e. The van der Waals surface area contributed by atoms with Crippen LogP contribution in [-0.2, 0) is 6.42 Å². The summed E-state index contributed by atoms with van der Waals surface area (Å²) in [6, 6.07) is 16.8. The van der Waals surface area contributed by atoms with E-state index in [1.807, 2.05) is 6.07 Å². The summed E-state index contributed by atoms with van der Waals surface area (Å²) in [6.07, 6.45) is 2.51. The van der Waals surface area contributed by atoms with Crippen LogP contribution in [0.5, 0.6) is 0 Å². The molecule has 0 fully saturated rings. The van der Waals surface area contributed by atoms with Crippen LogP contribution in [0.4, 0.5) is 0 Å². The Labute approximate surface area is 115 Å². The van der Waals surface area contributed by atoms with Crippen LogP contribution >= 0.6 is 0 Å². The van der Waals surface area contributed by atoms with Gasteiger partial charge in [-0.3, -0.25) is 0 Å². The zero-order chi connectivity index (χ0) is 13.7. The molecular formula is C18H22O. The molecule has 100 valence electrons. The molecule has 0 aliphatic heterocycles. The van der Waals surface area contributed by atoms with Crippen LogP contribution in [0.1, 0.15) is 41.2 Å². The second-order valence-corrected chi connectivity index (χ2v) is 5.31. The number of hydrogen-bond acceptors (Lipinski definition) is 1. The predicted octanol–water partition coefficient (Wildman–Crippen LogP) is 4.36. The van der Waals surface area contributed by atoms with Crippen molar-refractivity contribution >= 4 is 0 Å². The molecule has 2 rings (SSSR count). The largest absolute Gasteiger partial charge is 0.388 e. The van der Waals surface area contributed by atoms with Crippen molar-refractivity contribution in [2.75, 3.05) is 0 Å². The molecule has 0 spiro atoms. The highest BCUT2D eigenvalue weighted by atomic mass is 16.3. The molecular weight excluding hydrogens is 232 g/mol. The number of aliphatic hydroxyl groups is 1. The third kappa shape index (κ3) is 4.22. The van der Waals surface area contributed by atoms with Crippen LogP contribution in [-0.4, -0.2) is 5.11 Å². The monoisotopic (exact) mass is 254 g/mol. The van der Waals surface area contributed by atoms with E-state index >= 15 is 0 Å². The lowest BCUT2D eigenvalue weighted by molar-refractivity contribution is 0.164. The average Bonchev–Trinajstić information content (AvgIpc) is 2.38. The summed E-state index contributed by atoms with van der Waals surface area (Å²) in [5, 5.41) is 10.2. The molecule has 0 heterocycles. The van der Waals surface area contributed by atoms with Crippen molar-refractivity contribution in [1.82, 2.24) is 0 Å². The molecule has 1 atom stereocenters. The fraction of sp³-hybridized carbons (Fsp3) is 0.333. The average molecular weight is 254 g/mol. The molecule has 0 bridgehead atoms. The van der Waals surface area contributed by atoms with Crippen molar-refractivity contribution in [3.8, 4) is 0 Å². The van der Waals surface area contributed by atoms with E-state index in [-0.39, 0.29) is 6.10 Å². The van der Waals surface area contributed by atoms with E-state index in [0.717, 1.165) is 24.8 Å². The van der Waals surface area contributed by atoms with Crippen LogP contribution < -0.4 is 0 Å². The molecule has 0 amide bonds. The third-order valence-electron chi connectivity index (χ3n) is 3.41. The summed E-state index contributed by atoms with van der Waals surface area (Å²) in [7, 11) is 0. The van der Waals surface area contributed by atoms with Gasteiger partial charge in [-0.1, -0.05) is 59.7 Å². The fourth-order valence-corrected chi connectivity index (χ4v) is 2.51. The Bertz CT molecular complexity index is 496. The molecule has 0 aliphatic carbocycles. The first-order chi connectivity index (χ1) is 9.15. The highest BCUT2D eigenvalue weighted by Gasteiger charge is 2.08. The summed E-state index contributed by atoms with van der Waals surface area (Å²) >= 11 is 0. The number of benzene rings is 2. The molecule has 0 radical (unpaired) electrons. The predicted molar refractivity (Wildman–Crippen MR) is 80.3 cm³/mol. The summed E-state index contributed by atoms with van der Waals surface area (Å²) in [4.78, 5) is 0. The lowest BCUT2D eigenvalue weighted by atomic mass is 9.98. The topological polar surface area (TPSA) is 20.2 Å². The lowest BCUT2D eigenvalue weighted by Crippen LogP contribution is -1.99. The maximum atomic E-state index is 10.2. The molecule has 0 saturated carbocycles. The number of aryl methyl sites for hydroxylation is 3. The molecule has 1 nitrogen and oxygen atoms in total. The minimum absolute atomic E-state index is 0.345. The normalized spacial score (nSPS) is 12.4. The Hall–Kier alpha value is -1.60. The SMILES string of the molecule is Cc1cc(C)cc(C(O)CCCc2ccccc2)c1. The zero-order valence-electron chi connectivity index (χ0n) is 11.8. The summed E-state index contributed by atoms with van der Waals surface area (Å²) in [5.41, 5.74) is 4.83. The van der Waals surface area contributed by atoms with Gasteiger partial charge in [0, 0.05) is 0 Å². The minimum atomic E-state index is -0.345. The first kappa shape index (κ1) is 13.8. The van der Waals surface area contributed by atoms with E-state index in [2.05, 4.69) is 56.3 Å². The molecule has 0 saturated heterocycles. The molecule has 2 aromatic carbocycles. The quantitative estimate of drug-likeness (QED) is 0.840. The van der Waals surface area contributed by atoms with E-state index < -0.39 is 0 Å². The van der Waals surface area contributed by atoms with Gasteiger partial charge in [0.05, 0.1) is 6.10 Å². The molecule has 0 aromatic heterocycles. The molecule has 0 aliphatic rings. The van der Waals surface area contributed by atoms with Gasteiger partial charge in [-0.05, 0) is 44.2 Å². The molecule has 1 N–H and O–H groups in total. The van der Waals surface area contributed by atoms with Crippen LogP contribution in [0, 0.1) is 13.8 Å². The van der Waals surface area contributed by atoms with Crippen LogP contribution in [0.3, 0.4) is 0 Å². The molecule has 1 unspecified atom stereocenters. The van der Waals surface area contributed by atoms with Crippen molar-refractivity contribution in [3.05, 3.63) is 70.8 Å². The van der Waals surface area contributed by atoms with Crippen molar-refractivity contribution < 1.29 is 5.11 Å². The highest BCUT2D eigenvalue weighted by molar-refractivity contribution is 5.29. The maximum absolute atomic E-state index is 10.2.